The minimum Gasteiger partial charge on any atom is -0.361 e. The van der Waals surface area contributed by atoms with Crippen LogP contribution in [0.2, 0.25) is 0 Å². The molecule has 0 aliphatic carbocycles. The molecule has 19 heavy (non-hydrogen) atoms. The summed E-state index contributed by atoms with van der Waals surface area (Å²) < 4.78 is 1.85. The van der Waals surface area contributed by atoms with Crippen LogP contribution in [0.25, 0.3) is 10.9 Å². The summed E-state index contributed by atoms with van der Waals surface area (Å²) in [5, 5.41) is 12.4. The van der Waals surface area contributed by atoms with Crippen LogP contribution in [0.3, 0.4) is 0 Å². The highest BCUT2D eigenvalue weighted by atomic mass is 15.4. The number of fused-ring (bicyclic) bond motifs is 1. The quantitative estimate of drug-likeness (QED) is 0.662. The summed E-state index contributed by atoms with van der Waals surface area (Å²) in [6, 6.07) is 8.60. The Morgan fingerprint density at radius 1 is 1.26 bits per heavy atom. The third-order valence-corrected chi connectivity index (χ3v) is 3.16. The van der Waals surface area contributed by atoms with Crippen LogP contribution in [0.15, 0.2) is 42.9 Å². The van der Waals surface area contributed by atoms with E-state index < -0.39 is 0 Å². The fourth-order valence-electron chi connectivity index (χ4n) is 2.16. The standard InChI is InChI=1S/C14H17N5/c1(8-19-9-7-17-18-19)5-15-11-12-2-3-14-13(10-12)4-6-16-14/h2-4,6-7,9-10,15-16H,1,5,8,11H2. The molecule has 0 unspecified atom stereocenters. The number of H-pyrrole nitrogens is 1. The van der Waals surface area contributed by atoms with Gasteiger partial charge in [-0.25, -0.2) is 0 Å². The fraction of sp³-hybridized carbons (Fsp3) is 0.286. The maximum absolute atomic E-state index is 3.94. The van der Waals surface area contributed by atoms with Crippen molar-refractivity contribution in [3.63, 3.8) is 0 Å². The number of hydrogen-bond donors (Lipinski definition) is 2. The first-order valence-corrected chi connectivity index (χ1v) is 6.53. The molecule has 0 aliphatic heterocycles. The van der Waals surface area contributed by atoms with Gasteiger partial charge in [0.15, 0.2) is 0 Å². The number of nitrogens with zero attached hydrogens (tertiary/aromatic N) is 3. The molecule has 98 valence electrons. The molecule has 0 bridgehead atoms. The highest BCUT2D eigenvalue weighted by Crippen LogP contribution is 2.13. The first kappa shape index (κ1) is 11.9. The molecule has 0 amide bonds. The van der Waals surface area contributed by atoms with E-state index in [0.29, 0.717) is 0 Å². The lowest BCUT2D eigenvalue weighted by molar-refractivity contribution is 0.530. The monoisotopic (exact) mass is 255 g/mol. The Morgan fingerprint density at radius 3 is 3.16 bits per heavy atom. The Labute approximate surface area is 111 Å². The Morgan fingerprint density at radius 2 is 2.26 bits per heavy atom. The average Bonchev–Trinajstić information content (AvgIpc) is 3.08. The van der Waals surface area contributed by atoms with Crippen LogP contribution in [0.5, 0.6) is 0 Å². The predicted molar refractivity (Wildman–Crippen MR) is 74.6 cm³/mol. The lowest BCUT2D eigenvalue weighted by Crippen LogP contribution is -2.16. The van der Waals surface area contributed by atoms with E-state index in [-0.39, 0.29) is 0 Å². The summed E-state index contributed by atoms with van der Waals surface area (Å²) in [5.41, 5.74) is 2.50. The normalized spacial score (nSPS) is 11.2. The van der Waals surface area contributed by atoms with E-state index >= 15 is 0 Å². The number of aromatic amines is 1. The molecule has 2 heterocycles. The van der Waals surface area contributed by atoms with Crippen molar-refractivity contribution < 1.29 is 0 Å². The van der Waals surface area contributed by atoms with E-state index in [1.807, 2.05) is 17.1 Å². The molecule has 0 spiro atoms. The van der Waals surface area contributed by atoms with Crippen molar-refractivity contribution in [3.8, 4) is 0 Å². The average molecular weight is 255 g/mol. The molecule has 0 saturated heterocycles. The molecule has 0 aliphatic rings. The van der Waals surface area contributed by atoms with Crippen LogP contribution in [-0.4, -0.2) is 26.5 Å². The summed E-state index contributed by atoms with van der Waals surface area (Å²) in [6.07, 6.45) is 6.62. The third kappa shape index (κ3) is 3.00. The molecular weight excluding hydrogens is 238 g/mol. The number of hydrogen-bond acceptors (Lipinski definition) is 3. The van der Waals surface area contributed by atoms with Gasteiger partial charge in [-0.2, -0.15) is 0 Å². The summed E-state index contributed by atoms with van der Waals surface area (Å²) >= 11 is 0. The summed E-state index contributed by atoms with van der Waals surface area (Å²) in [6.45, 7) is 2.79. The Bertz CT molecular complexity index is 626. The largest absolute Gasteiger partial charge is 0.361 e. The van der Waals surface area contributed by atoms with Crippen LogP contribution in [0.4, 0.5) is 0 Å². The van der Waals surface area contributed by atoms with Crippen molar-refractivity contribution in [2.45, 2.75) is 19.5 Å². The van der Waals surface area contributed by atoms with Gasteiger partial charge in [0, 0.05) is 31.0 Å². The molecule has 0 fully saturated rings. The topological polar surface area (TPSA) is 58.5 Å². The second-order valence-corrected chi connectivity index (χ2v) is 4.60. The van der Waals surface area contributed by atoms with Gasteiger partial charge >= 0.3 is 0 Å². The number of aryl methyl sites for hydroxylation is 1. The molecule has 5 nitrogen and oxygen atoms in total. The number of nitrogens with one attached hydrogen (secondary N) is 2. The van der Waals surface area contributed by atoms with Gasteiger partial charge in [-0.05, 0) is 42.1 Å². The van der Waals surface area contributed by atoms with Crippen molar-refractivity contribution in [2.75, 3.05) is 6.54 Å². The molecule has 5 heteroatoms. The van der Waals surface area contributed by atoms with E-state index in [1.165, 1.54) is 16.5 Å². The van der Waals surface area contributed by atoms with E-state index in [0.717, 1.165) is 26.1 Å². The summed E-state index contributed by atoms with van der Waals surface area (Å²) in [4.78, 5) is 3.20. The predicted octanol–water partition coefficient (Wildman–Crippen LogP) is 1.94. The second kappa shape index (κ2) is 5.67. The van der Waals surface area contributed by atoms with Crippen molar-refractivity contribution in [1.82, 2.24) is 25.3 Å². The van der Waals surface area contributed by atoms with E-state index in [1.54, 1.807) is 6.20 Å². The zero-order valence-corrected chi connectivity index (χ0v) is 10.7. The Balaban J connectivity index is 1.44. The van der Waals surface area contributed by atoms with E-state index in [4.69, 9.17) is 0 Å². The Kier molecular flexibility index (Phi) is 3.56. The van der Waals surface area contributed by atoms with E-state index in [2.05, 4.69) is 44.9 Å². The van der Waals surface area contributed by atoms with Gasteiger partial charge in [0.2, 0.25) is 0 Å². The first-order valence-electron chi connectivity index (χ1n) is 6.53. The van der Waals surface area contributed by atoms with Gasteiger partial charge in [0.05, 0.1) is 6.20 Å². The molecular formula is C14H17N5. The number of benzene rings is 1. The van der Waals surface area contributed by atoms with Gasteiger partial charge < -0.3 is 10.3 Å². The van der Waals surface area contributed by atoms with Crippen LogP contribution in [0, 0.1) is 0 Å². The lowest BCUT2D eigenvalue weighted by atomic mass is 10.1. The highest BCUT2D eigenvalue weighted by molar-refractivity contribution is 5.79. The first-order chi connectivity index (χ1) is 9.42. The van der Waals surface area contributed by atoms with Gasteiger partial charge in [-0.3, -0.25) is 4.68 Å². The number of rotatable bonds is 6. The second-order valence-electron chi connectivity index (χ2n) is 4.60. The SMILES string of the molecule is c1cn(CCCNCc2ccc3[nH]ccc3c2)nn1. The van der Waals surface area contributed by atoms with Crippen LogP contribution < -0.4 is 5.32 Å². The minimum absolute atomic E-state index is 0.901. The molecule has 2 N–H and O–H groups in total. The van der Waals surface area contributed by atoms with Crippen LogP contribution >= 0.6 is 0 Å². The van der Waals surface area contributed by atoms with Gasteiger partial charge in [0.1, 0.15) is 0 Å². The van der Waals surface area contributed by atoms with E-state index in [9.17, 15) is 0 Å². The van der Waals surface area contributed by atoms with Crippen LogP contribution in [0.1, 0.15) is 12.0 Å². The van der Waals surface area contributed by atoms with Gasteiger partial charge in [-0.15, -0.1) is 5.10 Å². The third-order valence-electron chi connectivity index (χ3n) is 3.16. The van der Waals surface area contributed by atoms with Crippen molar-refractivity contribution in [3.05, 3.63) is 48.4 Å². The maximum Gasteiger partial charge on any atom is 0.0692 e. The molecule has 2 aromatic heterocycles. The summed E-state index contributed by atoms with van der Waals surface area (Å²) in [5.74, 6) is 0. The molecule has 0 atom stereocenters. The zero-order chi connectivity index (χ0) is 12.9. The van der Waals surface area contributed by atoms with Crippen molar-refractivity contribution in [1.29, 1.82) is 0 Å². The zero-order valence-electron chi connectivity index (χ0n) is 10.7. The van der Waals surface area contributed by atoms with Gasteiger partial charge in [0.25, 0.3) is 0 Å². The van der Waals surface area contributed by atoms with Crippen molar-refractivity contribution >= 4 is 10.9 Å². The lowest BCUT2D eigenvalue weighted by Gasteiger charge is -2.05. The Hall–Kier alpha value is -2.14. The fourth-order valence-corrected chi connectivity index (χ4v) is 2.16. The maximum atomic E-state index is 3.94. The molecule has 0 saturated carbocycles. The smallest absolute Gasteiger partial charge is 0.0692 e. The molecule has 1 aromatic carbocycles. The van der Waals surface area contributed by atoms with Gasteiger partial charge in [-0.1, -0.05) is 11.3 Å². The molecule has 0 radical (unpaired) electrons. The summed E-state index contributed by atoms with van der Waals surface area (Å²) in [7, 11) is 0. The molecule has 3 rings (SSSR count). The number of aromatic nitrogens is 4. The minimum atomic E-state index is 0.901. The van der Waals surface area contributed by atoms with Crippen molar-refractivity contribution in [2.24, 2.45) is 0 Å². The van der Waals surface area contributed by atoms with Crippen LogP contribution in [-0.2, 0) is 13.1 Å². The highest BCUT2D eigenvalue weighted by Gasteiger charge is 1.97. The molecule has 3 aromatic rings.